The Hall–Kier alpha value is -3.46. The third kappa shape index (κ3) is 5.18. The van der Waals surface area contributed by atoms with Crippen LogP contribution in [0.5, 0.6) is 0 Å². The molecule has 1 aromatic carbocycles. The average molecular weight is 435 g/mol. The minimum atomic E-state index is 0.468. The van der Waals surface area contributed by atoms with E-state index in [-0.39, 0.29) is 0 Å². The molecule has 160 valence electrons. The van der Waals surface area contributed by atoms with E-state index in [0.29, 0.717) is 24.0 Å². The van der Waals surface area contributed by atoms with Gasteiger partial charge in [-0.1, -0.05) is 29.8 Å². The van der Waals surface area contributed by atoms with Gasteiger partial charge in [-0.2, -0.15) is 15.3 Å². The van der Waals surface area contributed by atoms with E-state index < -0.39 is 0 Å². The Morgan fingerprint density at radius 2 is 1.77 bits per heavy atom. The first-order chi connectivity index (χ1) is 15.0. The fourth-order valence-corrected chi connectivity index (χ4v) is 3.55. The van der Waals surface area contributed by atoms with Crippen molar-refractivity contribution in [1.29, 1.82) is 0 Å². The summed E-state index contributed by atoms with van der Waals surface area (Å²) >= 11 is 5.43. The van der Waals surface area contributed by atoms with E-state index in [9.17, 15) is 0 Å². The quantitative estimate of drug-likeness (QED) is 0.431. The molecule has 0 spiro atoms. The summed E-state index contributed by atoms with van der Waals surface area (Å²) in [5.74, 6) is 0.694. The minimum Gasteiger partial charge on any atom is -0.330 e. The Morgan fingerprint density at radius 3 is 2.52 bits per heavy atom. The number of anilines is 2. The highest BCUT2D eigenvalue weighted by molar-refractivity contribution is 7.80. The van der Waals surface area contributed by atoms with E-state index in [4.69, 9.17) is 12.2 Å². The van der Waals surface area contributed by atoms with Crippen LogP contribution >= 0.6 is 12.2 Å². The first-order valence-corrected chi connectivity index (χ1v) is 10.6. The fourth-order valence-electron chi connectivity index (χ4n) is 3.32. The van der Waals surface area contributed by atoms with Crippen molar-refractivity contribution in [3.8, 4) is 0 Å². The van der Waals surface area contributed by atoms with E-state index in [1.165, 1.54) is 11.1 Å². The number of hydrogen-bond donors (Lipinski definition) is 2. The Balaban J connectivity index is 1.31. The molecule has 3 heterocycles. The van der Waals surface area contributed by atoms with Crippen molar-refractivity contribution < 1.29 is 0 Å². The monoisotopic (exact) mass is 434 g/mol. The van der Waals surface area contributed by atoms with Crippen LogP contribution in [0.2, 0.25) is 0 Å². The second-order valence-electron chi connectivity index (χ2n) is 7.46. The average Bonchev–Trinajstić information content (AvgIpc) is 3.46. The van der Waals surface area contributed by atoms with Crippen molar-refractivity contribution in [2.45, 2.75) is 40.4 Å². The number of rotatable bonds is 7. The summed E-state index contributed by atoms with van der Waals surface area (Å²) in [7, 11) is 0. The van der Waals surface area contributed by atoms with Crippen LogP contribution in [0.3, 0.4) is 0 Å². The number of nitrogens with one attached hydrogen (secondary N) is 2. The Morgan fingerprint density at radius 1 is 0.968 bits per heavy atom. The lowest BCUT2D eigenvalue weighted by Gasteiger charge is -2.07. The summed E-state index contributed by atoms with van der Waals surface area (Å²) in [6, 6.07) is 10.3. The lowest BCUT2D eigenvalue weighted by molar-refractivity contribution is 0.633. The summed E-state index contributed by atoms with van der Waals surface area (Å²) in [6.45, 7) is 8.47. The van der Waals surface area contributed by atoms with Crippen LogP contribution in [0.25, 0.3) is 0 Å². The van der Waals surface area contributed by atoms with Gasteiger partial charge in [0.05, 0.1) is 31.2 Å². The molecule has 31 heavy (non-hydrogen) atoms. The van der Waals surface area contributed by atoms with Gasteiger partial charge < -0.3 is 10.6 Å². The van der Waals surface area contributed by atoms with Gasteiger partial charge in [-0.15, -0.1) is 0 Å². The number of aryl methyl sites for hydroxylation is 2. The highest BCUT2D eigenvalue weighted by Gasteiger charge is 2.08. The van der Waals surface area contributed by atoms with Crippen molar-refractivity contribution in [2.75, 3.05) is 10.6 Å². The molecule has 0 atom stereocenters. The first kappa shape index (κ1) is 20.8. The van der Waals surface area contributed by atoms with Gasteiger partial charge in [0, 0.05) is 36.3 Å². The highest BCUT2D eigenvalue weighted by atomic mass is 32.1. The summed E-state index contributed by atoms with van der Waals surface area (Å²) < 4.78 is 5.73. The molecule has 9 heteroatoms. The van der Waals surface area contributed by atoms with E-state index in [1.807, 2.05) is 38.7 Å². The molecule has 0 aliphatic heterocycles. The maximum atomic E-state index is 5.43. The summed E-state index contributed by atoms with van der Waals surface area (Å²) in [6.07, 6.45) is 7.50. The topological polar surface area (TPSA) is 77.5 Å². The van der Waals surface area contributed by atoms with Crippen molar-refractivity contribution in [2.24, 2.45) is 0 Å². The third-order valence-electron chi connectivity index (χ3n) is 5.08. The second kappa shape index (κ2) is 9.13. The van der Waals surface area contributed by atoms with E-state index in [1.54, 1.807) is 6.20 Å². The van der Waals surface area contributed by atoms with Crippen molar-refractivity contribution in [3.63, 3.8) is 0 Å². The Labute approximate surface area is 186 Å². The number of aromatic nitrogens is 6. The lowest BCUT2D eigenvalue weighted by atomic mass is 10.1. The van der Waals surface area contributed by atoms with Gasteiger partial charge in [-0.25, -0.2) is 0 Å². The Kier molecular flexibility index (Phi) is 6.13. The van der Waals surface area contributed by atoms with Gasteiger partial charge in [0.15, 0.2) is 10.9 Å². The molecule has 0 aliphatic rings. The SMILES string of the molecule is CCn1ncc(Cn2cc(NC(=S)Nc3ccn(Cc4ccc(C)cc4)n3)cn2)c1C. The zero-order valence-corrected chi connectivity index (χ0v) is 18.7. The van der Waals surface area contributed by atoms with Gasteiger partial charge in [0.25, 0.3) is 0 Å². The molecule has 2 N–H and O–H groups in total. The molecule has 4 aromatic rings. The molecular weight excluding hydrogens is 408 g/mol. The zero-order valence-electron chi connectivity index (χ0n) is 17.9. The molecule has 0 radical (unpaired) electrons. The predicted molar refractivity (Wildman–Crippen MR) is 126 cm³/mol. The number of benzene rings is 1. The third-order valence-corrected chi connectivity index (χ3v) is 5.28. The normalized spacial score (nSPS) is 10.9. The number of hydrogen-bond acceptors (Lipinski definition) is 4. The van der Waals surface area contributed by atoms with Crippen molar-refractivity contribution >= 4 is 28.8 Å². The van der Waals surface area contributed by atoms with Crippen molar-refractivity contribution in [1.82, 2.24) is 29.3 Å². The molecule has 0 unspecified atom stereocenters. The van der Waals surface area contributed by atoms with Crippen LogP contribution in [0.1, 0.15) is 29.3 Å². The van der Waals surface area contributed by atoms with Crippen LogP contribution in [0.4, 0.5) is 11.5 Å². The predicted octanol–water partition coefficient (Wildman–Crippen LogP) is 3.82. The molecular formula is C22H26N8S. The lowest BCUT2D eigenvalue weighted by Crippen LogP contribution is -2.19. The Bertz CT molecular complexity index is 1170. The summed E-state index contributed by atoms with van der Waals surface area (Å²) in [5.41, 5.74) is 5.57. The minimum absolute atomic E-state index is 0.468. The first-order valence-electron chi connectivity index (χ1n) is 10.2. The maximum Gasteiger partial charge on any atom is 0.176 e. The van der Waals surface area contributed by atoms with E-state index in [0.717, 1.165) is 23.5 Å². The van der Waals surface area contributed by atoms with Crippen molar-refractivity contribution in [3.05, 3.63) is 77.5 Å². The van der Waals surface area contributed by atoms with E-state index >= 15 is 0 Å². The van der Waals surface area contributed by atoms with Gasteiger partial charge in [-0.3, -0.25) is 14.0 Å². The molecule has 0 amide bonds. The largest absolute Gasteiger partial charge is 0.330 e. The molecule has 0 saturated carbocycles. The highest BCUT2D eigenvalue weighted by Crippen LogP contribution is 2.13. The summed E-state index contributed by atoms with van der Waals surface area (Å²) in [5, 5.41) is 20.1. The van der Waals surface area contributed by atoms with Crippen LogP contribution in [0.15, 0.2) is 55.1 Å². The maximum absolute atomic E-state index is 5.43. The molecule has 0 saturated heterocycles. The summed E-state index contributed by atoms with van der Waals surface area (Å²) in [4.78, 5) is 0. The molecule has 0 fully saturated rings. The fraction of sp³-hybridized carbons (Fsp3) is 0.273. The van der Waals surface area contributed by atoms with Gasteiger partial charge in [0.2, 0.25) is 0 Å². The van der Waals surface area contributed by atoms with E-state index in [2.05, 4.69) is 71.0 Å². The smallest absolute Gasteiger partial charge is 0.176 e. The molecule has 0 bridgehead atoms. The van der Waals surface area contributed by atoms with Crippen LogP contribution in [0, 0.1) is 13.8 Å². The zero-order chi connectivity index (χ0) is 21.8. The molecule has 4 rings (SSSR count). The van der Waals surface area contributed by atoms with Crippen LogP contribution < -0.4 is 10.6 Å². The van der Waals surface area contributed by atoms with Crippen LogP contribution in [-0.4, -0.2) is 34.5 Å². The standard InChI is InChI=1S/C22H26N8S/c1-4-30-17(3)19(11-24-30)14-29-15-20(12-23-29)25-22(31)26-21-9-10-28(27-21)13-18-7-5-16(2)6-8-18/h5-12,15H,4,13-14H2,1-3H3,(H2,25,26,27,31). The van der Waals surface area contributed by atoms with Gasteiger partial charge >= 0.3 is 0 Å². The van der Waals surface area contributed by atoms with Crippen LogP contribution in [-0.2, 0) is 19.6 Å². The van der Waals surface area contributed by atoms with Gasteiger partial charge in [-0.05, 0) is 38.6 Å². The second-order valence-corrected chi connectivity index (χ2v) is 7.87. The number of nitrogens with zero attached hydrogens (tertiary/aromatic N) is 6. The number of thiocarbonyl (C=S) groups is 1. The van der Waals surface area contributed by atoms with Gasteiger partial charge in [0.1, 0.15) is 0 Å². The molecule has 0 aliphatic carbocycles. The molecule has 8 nitrogen and oxygen atoms in total. The molecule has 3 aromatic heterocycles.